The molecule has 3 aromatic rings. The Morgan fingerprint density at radius 2 is 1.34 bits per heavy atom. The lowest BCUT2D eigenvalue weighted by Gasteiger charge is -2.15. The van der Waals surface area contributed by atoms with Crippen molar-refractivity contribution in [3.63, 3.8) is 0 Å². The third kappa shape index (κ3) is 6.57. The van der Waals surface area contributed by atoms with Gasteiger partial charge in [0.25, 0.3) is 5.91 Å². The first-order chi connectivity index (χ1) is 14.1. The van der Waals surface area contributed by atoms with Crippen LogP contribution in [0.15, 0.2) is 78.9 Å². The van der Waals surface area contributed by atoms with E-state index in [1.807, 2.05) is 73.7 Å². The molecule has 29 heavy (non-hydrogen) atoms. The molecule has 0 radical (unpaired) electrons. The predicted octanol–water partition coefficient (Wildman–Crippen LogP) is 4.86. The molecule has 0 heterocycles. The van der Waals surface area contributed by atoms with E-state index in [1.54, 1.807) is 19.1 Å². The Kier molecular flexibility index (Phi) is 7.11. The molecule has 0 fully saturated rings. The number of aryl methyl sites for hydroxylation is 1. The number of carbonyl (C=O) groups excluding carboxylic acids is 1. The van der Waals surface area contributed by atoms with Gasteiger partial charge in [-0.3, -0.25) is 4.79 Å². The Labute approximate surface area is 171 Å². The fourth-order valence-electron chi connectivity index (χ4n) is 2.59. The van der Waals surface area contributed by atoms with E-state index in [4.69, 9.17) is 14.2 Å². The highest BCUT2D eigenvalue weighted by molar-refractivity contribution is 5.94. The summed E-state index contributed by atoms with van der Waals surface area (Å²) < 4.78 is 16.9. The summed E-state index contributed by atoms with van der Waals surface area (Å²) in [6.45, 7) is 4.61. The fourth-order valence-corrected chi connectivity index (χ4v) is 2.59. The quantitative estimate of drug-likeness (QED) is 0.529. The summed E-state index contributed by atoms with van der Waals surface area (Å²) in [5.41, 5.74) is 1.82. The maximum Gasteiger partial charge on any atom is 0.265 e. The van der Waals surface area contributed by atoms with Gasteiger partial charge < -0.3 is 19.5 Å². The van der Waals surface area contributed by atoms with E-state index in [1.165, 1.54) is 0 Å². The summed E-state index contributed by atoms with van der Waals surface area (Å²) in [6.07, 6.45) is -0.608. The van der Waals surface area contributed by atoms with Crippen LogP contribution in [0, 0.1) is 6.92 Å². The van der Waals surface area contributed by atoms with Crippen LogP contribution in [0.4, 0.5) is 5.69 Å². The molecule has 5 heteroatoms. The molecular formula is C24H25NO4. The minimum absolute atomic E-state index is 0.212. The Balaban J connectivity index is 1.42. The zero-order valence-corrected chi connectivity index (χ0v) is 16.6. The number of hydrogen-bond donors (Lipinski definition) is 1. The van der Waals surface area contributed by atoms with Crippen molar-refractivity contribution in [2.24, 2.45) is 0 Å². The Morgan fingerprint density at radius 3 is 1.97 bits per heavy atom. The maximum atomic E-state index is 12.3. The number of anilines is 1. The Bertz CT molecular complexity index is 892. The van der Waals surface area contributed by atoms with Crippen molar-refractivity contribution in [2.75, 3.05) is 18.5 Å². The van der Waals surface area contributed by atoms with Crippen molar-refractivity contribution >= 4 is 11.6 Å². The second-order valence-electron chi connectivity index (χ2n) is 6.60. The summed E-state index contributed by atoms with van der Waals surface area (Å²) in [5, 5.41) is 2.85. The second kappa shape index (κ2) is 10.2. The van der Waals surface area contributed by atoms with Crippen LogP contribution in [0.2, 0.25) is 0 Å². The standard InChI is InChI=1S/C24H25NO4/c1-18-8-12-23(13-9-18)29-19(2)24(26)25-20-10-14-22(15-11-20)28-17-16-27-21-6-4-3-5-7-21/h3-15,19H,16-17H2,1-2H3,(H,25,26)/t19-/m1/s1. The molecule has 3 rings (SSSR count). The minimum Gasteiger partial charge on any atom is -0.490 e. The van der Waals surface area contributed by atoms with Gasteiger partial charge in [0.2, 0.25) is 0 Å². The molecule has 150 valence electrons. The number of carbonyl (C=O) groups is 1. The van der Waals surface area contributed by atoms with Gasteiger partial charge in [-0.2, -0.15) is 0 Å². The lowest BCUT2D eigenvalue weighted by Crippen LogP contribution is -2.30. The van der Waals surface area contributed by atoms with E-state index >= 15 is 0 Å². The molecule has 0 aromatic heterocycles. The van der Waals surface area contributed by atoms with E-state index in [0.29, 0.717) is 30.4 Å². The van der Waals surface area contributed by atoms with E-state index in [9.17, 15) is 4.79 Å². The van der Waals surface area contributed by atoms with Crippen molar-refractivity contribution in [3.8, 4) is 17.2 Å². The molecular weight excluding hydrogens is 366 g/mol. The predicted molar refractivity (Wildman–Crippen MR) is 114 cm³/mol. The van der Waals surface area contributed by atoms with E-state index in [-0.39, 0.29) is 5.91 Å². The van der Waals surface area contributed by atoms with Gasteiger partial charge in [0, 0.05) is 5.69 Å². The van der Waals surface area contributed by atoms with Crippen LogP contribution < -0.4 is 19.5 Å². The summed E-state index contributed by atoms with van der Waals surface area (Å²) in [6, 6.07) is 24.4. The molecule has 0 aliphatic heterocycles. The van der Waals surface area contributed by atoms with Crippen molar-refractivity contribution in [1.82, 2.24) is 0 Å². The topological polar surface area (TPSA) is 56.8 Å². The minimum atomic E-state index is -0.608. The van der Waals surface area contributed by atoms with E-state index in [2.05, 4.69) is 5.32 Å². The number of hydrogen-bond acceptors (Lipinski definition) is 4. The average Bonchev–Trinajstić information content (AvgIpc) is 2.74. The largest absolute Gasteiger partial charge is 0.490 e. The Morgan fingerprint density at radius 1 is 0.793 bits per heavy atom. The van der Waals surface area contributed by atoms with Crippen LogP contribution in [-0.4, -0.2) is 25.2 Å². The molecule has 1 N–H and O–H groups in total. The third-order valence-corrected chi connectivity index (χ3v) is 4.19. The highest BCUT2D eigenvalue weighted by atomic mass is 16.5. The number of nitrogens with one attached hydrogen (secondary N) is 1. The molecule has 0 saturated carbocycles. The molecule has 3 aromatic carbocycles. The normalized spacial score (nSPS) is 11.4. The van der Waals surface area contributed by atoms with Crippen LogP contribution >= 0.6 is 0 Å². The van der Waals surface area contributed by atoms with E-state index < -0.39 is 6.10 Å². The van der Waals surface area contributed by atoms with Crippen molar-refractivity contribution in [1.29, 1.82) is 0 Å². The SMILES string of the molecule is Cc1ccc(O[C@H](C)C(=O)Nc2ccc(OCCOc3ccccc3)cc2)cc1. The van der Waals surface area contributed by atoms with Gasteiger partial charge >= 0.3 is 0 Å². The van der Waals surface area contributed by atoms with Crippen molar-refractivity contribution in [2.45, 2.75) is 20.0 Å². The van der Waals surface area contributed by atoms with Gasteiger partial charge in [-0.1, -0.05) is 35.9 Å². The van der Waals surface area contributed by atoms with Gasteiger partial charge in [-0.05, 0) is 62.4 Å². The smallest absolute Gasteiger partial charge is 0.265 e. The molecule has 0 spiro atoms. The molecule has 5 nitrogen and oxygen atoms in total. The molecule has 0 saturated heterocycles. The average molecular weight is 391 g/mol. The first-order valence-electron chi connectivity index (χ1n) is 9.55. The van der Waals surface area contributed by atoms with Gasteiger partial charge in [-0.15, -0.1) is 0 Å². The van der Waals surface area contributed by atoms with Gasteiger partial charge in [0.1, 0.15) is 30.5 Å². The van der Waals surface area contributed by atoms with Gasteiger partial charge in [0.05, 0.1) is 0 Å². The summed E-state index contributed by atoms with van der Waals surface area (Å²) >= 11 is 0. The number of ether oxygens (including phenoxy) is 3. The summed E-state index contributed by atoms with van der Waals surface area (Å²) in [5.74, 6) is 1.98. The first-order valence-corrected chi connectivity index (χ1v) is 9.55. The maximum absolute atomic E-state index is 12.3. The zero-order valence-electron chi connectivity index (χ0n) is 16.6. The molecule has 0 aliphatic rings. The van der Waals surface area contributed by atoms with Crippen LogP contribution in [0.25, 0.3) is 0 Å². The van der Waals surface area contributed by atoms with Gasteiger partial charge in [-0.25, -0.2) is 0 Å². The lowest BCUT2D eigenvalue weighted by molar-refractivity contribution is -0.122. The molecule has 1 atom stereocenters. The van der Waals surface area contributed by atoms with E-state index in [0.717, 1.165) is 11.3 Å². The highest BCUT2D eigenvalue weighted by Crippen LogP contribution is 2.18. The zero-order chi connectivity index (χ0) is 20.5. The number of rotatable bonds is 9. The van der Waals surface area contributed by atoms with Crippen LogP contribution in [0.5, 0.6) is 17.2 Å². The second-order valence-corrected chi connectivity index (χ2v) is 6.60. The monoisotopic (exact) mass is 391 g/mol. The number of para-hydroxylation sites is 1. The van der Waals surface area contributed by atoms with Crippen LogP contribution in [-0.2, 0) is 4.79 Å². The van der Waals surface area contributed by atoms with Crippen molar-refractivity contribution in [3.05, 3.63) is 84.4 Å². The molecule has 0 bridgehead atoms. The van der Waals surface area contributed by atoms with Crippen molar-refractivity contribution < 1.29 is 19.0 Å². The third-order valence-electron chi connectivity index (χ3n) is 4.19. The first kappa shape index (κ1) is 20.3. The summed E-state index contributed by atoms with van der Waals surface area (Å²) in [7, 11) is 0. The fraction of sp³-hybridized carbons (Fsp3) is 0.208. The number of amides is 1. The van der Waals surface area contributed by atoms with Crippen LogP contribution in [0.1, 0.15) is 12.5 Å². The Hall–Kier alpha value is -3.47. The molecule has 0 unspecified atom stereocenters. The summed E-state index contributed by atoms with van der Waals surface area (Å²) in [4.78, 5) is 12.3. The highest BCUT2D eigenvalue weighted by Gasteiger charge is 2.14. The number of benzene rings is 3. The van der Waals surface area contributed by atoms with Crippen LogP contribution in [0.3, 0.4) is 0 Å². The molecule has 1 amide bonds. The molecule has 0 aliphatic carbocycles. The van der Waals surface area contributed by atoms with Gasteiger partial charge in [0.15, 0.2) is 6.10 Å². The lowest BCUT2D eigenvalue weighted by atomic mass is 10.2.